The van der Waals surface area contributed by atoms with Crippen LogP contribution in [0.1, 0.15) is 16.2 Å². The summed E-state index contributed by atoms with van der Waals surface area (Å²) in [4.78, 5) is 36.7. The maximum absolute atomic E-state index is 12.8. The minimum Gasteiger partial charge on any atom is -0.414 e. The number of halogens is 1. The second-order valence-electron chi connectivity index (χ2n) is 4.92. The lowest BCUT2D eigenvalue weighted by atomic mass is 10.1. The lowest BCUT2D eigenvalue weighted by Crippen LogP contribution is -2.28. The van der Waals surface area contributed by atoms with Crippen LogP contribution < -0.4 is 11.2 Å². The number of ketones is 1. The van der Waals surface area contributed by atoms with Gasteiger partial charge in [0.1, 0.15) is 12.4 Å². The van der Waals surface area contributed by atoms with Crippen molar-refractivity contribution in [3.8, 4) is 0 Å². The lowest BCUT2D eigenvalue weighted by Gasteiger charge is -2.00. The molecule has 0 amide bonds. The Hall–Kier alpha value is -3.01. The van der Waals surface area contributed by atoms with Crippen LogP contribution in [0.2, 0.25) is 0 Å². The Morgan fingerprint density at radius 1 is 1.20 bits per heavy atom. The van der Waals surface area contributed by atoms with Gasteiger partial charge in [0.15, 0.2) is 5.78 Å². The predicted molar refractivity (Wildman–Crippen MR) is 86.2 cm³/mol. The third-order valence-corrected chi connectivity index (χ3v) is 3.96. The minimum absolute atomic E-state index is 0.00488. The van der Waals surface area contributed by atoms with Gasteiger partial charge in [0.25, 0.3) is 10.8 Å². The molecule has 0 aliphatic carbocycles. The highest BCUT2D eigenvalue weighted by atomic mass is 32.2. The summed E-state index contributed by atoms with van der Waals surface area (Å²) >= 11 is 1.04. The Labute approximate surface area is 143 Å². The highest BCUT2D eigenvalue weighted by Gasteiger charge is 2.12. The van der Waals surface area contributed by atoms with Gasteiger partial charge in [-0.1, -0.05) is 11.8 Å². The van der Waals surface area contributed by atoms with Gasteiger partial charge in [0, 0.05) is 17.8 Å². The van der Waals surface area contributed by atoms with Gasteiger partial charge in [-0.05, 0) is 24.3 Å². The molecule has 0 spiro atoms. The summed E-state index contributed by atoms with van der Waals surface area (Å²) in [6.07, 6.45) is 1.32. The van der Waals surface area contributed by atoms with Crippen molar-refractivity contribution < 1.29 is 13.6 Å². The maximum atomic E-state index is 12.8. The molecule has 0 saturated carbocycles. The van der Waals surface area contributed by atoms with Crippen LogP contribution >= 0.6 is 11.8 Å². The van der Waals surface area contributed by atoms with Crippen LogP contribution in [-0.4, -0.2) is 31.3 Å². The van der Waals surface area contributed by atoms with Gasteiger partial charge in [-0.15, -0.1) is 10.2 Å². The maximum Gasteiger partial charge on any atom is 0.328 e. The van der Waals surface area contributed by atoms with Crippen LogP contribution in [0, 0.1) is 5.82 Å². The fourth-order valence-corrected chi connectivity index (χ4v) is 2.60. The van der Waals surface area contributed by atoms with Crippen LogP contribution in [0.3, 0.4) is 0 Å². The first-order chi connectivity index (χ1) is 12.0. The van der Waals surface area contributed by atoms with Crippen molar-refractivity contribution >= 4 is 17.5 Å². The van der Waals surface area contributed by atoms with E-state index in [1.54, 1.807) is 0 Å². The van der Waals surface area contributed by atoms with E-state index in [9.17, 15) is 18.8 Å². The average Bonchev–Trinajstić information content (AvgIpc) is 3.03. The van der Waals surface area contributed by atoms with Crippen LogP contribution in [0.5, 0.6) is 0 Å². The Morgan fingerprint density at radius 2 is 1.96 bits per heavy atom. The lowest BCUT2D eigenvalue weighted by molar-refractivity contribution is 0.102. The number of carbonyl (C=O) groups excluding carboxylic acids is 1. The summed E-state index contributed by atoms with van der Waals surface area (Å²) in [5.74, 6) is -0.415. The Balaban J connectivity index is 1.61. The number of benzene rings is 1. The first kappa shape index (κ1) is 16.8. The van der Waals surface area contributed by atoms with Gasteiger partial charge in [0.05, 0.1) is 5.75 Å². The number of thioether (sulfide) groups is 1. The second kappa shape index (κ2) is 7.26. The molecule has 0 fully saturated rings. The van der Waals surface area contributed by atoms with Gasteiger partial charge in [-0.3, -0.25) is 19.1 Å². The van der Waals surface area contributed by atoms with Crippen molar-refractivity contribution in [2.45, 2.75) is 11.8 Å². The van der Waals surface area contributed by atoms with Crippen molar-refractivity contribution in [1.82, 2.24) is 19.7 Å². The highest BCUT2D eigenvalue weighted by Crippen LogP contribution is 2.18. The number of carbonyl (C=O) groups is 1. The molecular formula is C15H11FN4O4S. The molecule has 0 unspecified atom stereocenters. The average molecular weight is 362 g/mol. The monoisotopic (exact) mass is 362 g/mol. The standard InChI is InChI=1S/C15H11FN4O4S/c16-10-3-1-9(2-4-10)11(21)8-25-15-19-18-13(24-15)7-20-6-5-12(22)17-14(20)23/h1-6H,7-8H2,(H,17,22,23). The number of Topliss-reactive ketones (excluding diaryl/α,β-unsaturated/α-hetero) is 1. The Kier molecular flexibility index (Phi) is 4.89. The molecule has 3 aromatic rings. The number of nitrogens with one attached hydrogen (secondary N) is 1. The van der Waals surface area contributed by atoms with Crippen molar-refractivity contribution in [3.05, 3.63) is 74.6 Å². The van der Waals surface area contributed by atoms with E-state index in [1.165, 1.54) is 41.1 Å². The first-order valence-electron chi connectivity index (χ1n) is 7.05. The van der Waals surface area contributed by atoms with Crippen LogP contribution in [0.15, 0.2) is 55.8 Å². The molecule has 0 radical (unpaired) electrons. The smallest absolute Gasteiger partial charge is 0.328 e. The predicted octanol–water partition coefficient (Wildman–Crippen LogP) is 1.08. The van der Waals surface area contributed by atoms with Crippen molar-refractivity contribution in [2.24, 2.45) is 0 Å². The summed E-state index contributed by atoms with van der Waals surface area (Å²) in [5.41, 5.74) is -0.706. The fraction of sp³-hybridized carbons (Fsp3) is 0.133. The molecule has 0 aliphatic heterocycles. The SMILES string of the molecule is O=C(CSc1nnc(Cn2ccc(=O)[nH]c2=O)o1)c1ccc(F)cc1. The number of rotatable bonds is 6. The molecule has 0 bridgehead atoms. The third kappa shape index (κ3) is 4.29. The number of H-pyrrole nitrogens is 1. The third-order valence-electron chi connectivity index (χ3n) is 3.14. The number of hydrogen-bond acceptors (Lipinski definition) is 7. The molecule has 3 rings (SSSR count). The number of aromatic nitrogens is 4. The highest BCUT2D eigenvalue weighted by molar-refractivity contribution is 7.99. The molecule has 25 heavy (non-hydrogen) atoms. The molecule has 10 heteroatoms. The molecule has 0 saturated heterocycles. The van der Waals surface area contributed by atoms with E-state index in [2.05, 4.69) is 15.2 Å². The normalized spacial score (nSPS) is 10.8. The molecule has 2 aromatic heterocycles. The van der Waals surface area contributed by atoms with Crippen LogP contribution in [0.4, 0.5) is 4.39 Å². The van der Waals surface area contributed by atoms with Gasteiger partial charge < -0.3 is 4.42 Å². The van der Waals surface area contributed by atoms with E-state index < -0.39 is 17.1 Å². The van der Waals surface area contributed by atoms with E-state index >= 15 is 0 Å². The zero-order valence-electron chi connectivity index (χ0n) is 12.6. The van der Waals surface area contributed by atoms with Crippen LogP contribution in [0.25, 0.3) is 0 Å². The van der Waals surface area contributed by atoms with Gasteiger partial charge in [-0.25, -0.2) is 9.18 Å². The summed E-state index contributed by atoms with van der Waals surface area (Å²) < 4.78 is 19.4. The van der Waals surface area contributed by atoms with E-state index in [4.69, 9.17) is 4.42 Å². The Morgan fingerprint density at radius 3 is 2.68 bits per heavy atom. The molecule has 128 valence electrons. The second-order valence-corrected chi connectivity index (χ2v) is 5.85. The summed E-state index contributed by atoms with van der Waals surface area (Å²) in [5, 5.41) is 7.74. The Bertz CT molecular complexity index is 1010. The number of hydrogen-bond donors (Lipinski definition) is 1. The van der Waals surface area contributed by atoms with E-state index in [-0.39, 0.29) is 29.2 Å². The quantitative estimate of drug-likeness (QED) is 0.516. The van der Waals surface area contributed by atoms with Crippen LogP contribution in [-0.2, 0) is 6.54 Å². The van der Waals surface area contributed by atoms with Crippen molar-refractivity contribution in [3.63, 3.8) is 0 Å². The zero-order valence-corrected chi connectivity index (χ0v) is 13.5. The number of aromatic amines is 1. The van der Waals surface area contributed by atoms with E-state index in [0.29, 0.717) is 5.56 Å². The largest absolute Gasteiger partial charge is 0.414 e. The minimum atomic E-state index is -0.591. The molecule has 0 aliphatic rings. The van der Waals surface area contributed by atoms with E-state index in [0.717, 1.165) is 11.8 Å². The van der Waals surface area contributed by atoms with E-state index in [1.807, 2.05) is 0 Å². The van der Waals surface area contributed by atoms with Gasteiger partial charge in [-0.2, -0.15) is 0 Å². The number of nitrogens with zero attached hydrogens (tertiary/aromatic N) is 3. The molecule has 1 aromatic carbocycles. The molecular weight excluding hydrogens is 351 g/mol. The van der Waals surface area contributed by atoms with Gasteiger partial charge in [0.2, 0.25) is 5.89 Å². The summed E-state index contributed by atoms with van der Waals surface area (Å²) in [6.45, 7) is -0.00488. The molecule has 1 N–H and O–H groups in total. The fourth-order valence-electron chi connectivity index (χ4n) is 1.92. The first-order valence-corrected chi connectivity index (χ1v) is 8.03. The van der Waals surface area contributed by atoms with Crippen molar-refractivity contribution in [2.75, 3.05) is 5.75 Å². The summed E-state index contributed by atoms with van der Waals surface area (Å²) in [7, 11) is 0. The van der Waals surface area contributed by atoms with Crippen molar-refractivity contribution in [1.29, 1.82) is 0 Å². The molecule has 0 atom stereocenters. The summed E-state index contributed by atoms with van der Waals surface area (Å²) in [6, 6.07) is 6.43. The van der Waals surface area contributed by atoms with Gasteiger partial charge >= 0.3 is 5.69 Å². The molecule has 2 heterocycles. The molecule has 8 nitrogen and oxygen atoms in total. The topological polar surface area (TPSA) is 111 Å². The zero-order chi connectivity index (χ0) is 17.8.